The van der Waals surface area contributed by atoms with E-state index < -0.39 is 11.6 Å². The van der Waals surface area contributed by atoms with Gasteiger partial charge in [0, 0.05) is 4.83 Å². The lowest BCUT2D eigenvalue weighted by Crippen LogP contribution is -2.03. The Labute approximate surface area is 114 Å². The van der Waals surface area contributed by atoms with Crippen molar-refractivity contribution in [1.29, 1.82) is 0 Å². The lowest BCUT2D eigenvalue weighted by molar-refractivity contribution is 0.506. The molecule has 0 amide bonds. The lowest BCUT2D eigenvalue weighted by atomic mass is 9.93. The van der Waals surface area contributed by atoms with E-state index in [1.165, 1.54) is 6.07 Å². The Hall–Kier alpha value is -1.22. The van der Waals surface area contributed by atoms with E-state index in [1.807, 2.05) is 30.3 Å². The lowest BCUT2D eigenvalue weighted by Gasteiger charge is -2.19. The quantitative estimate of drug-likeness (QED) is 0.683. The van der Waals surface area contributed by atoms with Gasteiger partial charge < -0.3 is 0 Å². The van der Waals surface area contributed by atoms with Crippen molar-refractivity contribution < 1.29 is 8.78 Å². The van der Waals surface area contributed by atoms with Gasteiger partial charge in [0.2, 0.25) is 0 Å². The molecule has 0 heterocycles. The number of rotatable bonds is 3. The van der Waals surface area contributed by atoms with Gasteiger partial charge in [0.1, 0.15) is 0 Å². The van der Waals surface area contributed by atoms with Crippen LogP contribution >= 0.6 is 15.9 Å². The standard InChI is InChI=1S/C15H13BrF2/c1-10(11-5-3-2-4-6-11)15(16)12-7-8-13(17)14(18)9-12/h2-10,15H,1H3. The first kappa shape index (κ1) is 13.2. The summed E-state index contributed by atoms with van der Waals surface area (Å²) in [6.07, 6.45) is 0. The number of hydrogen-bond donors (Lipinski definition) is 0. The van der Waals surface area contributed by atoms with E-state index >= 15 is 0 Å². The highest BCUT2D eigenvalue weighted by Gasteiger charge is 2.19. The Kier molecular flexibility index (Phi) is 4.12. The predicted molar refractivity (Wildman–Crippen MR) is 72.9 cm³/mol. The summed E-state index contributed by atoms with van der Waals surface area (Å²) >= 11 is 3.56. The molecule has 0 saturated carbocycles. The molecule has 0 aromatic heterocycles. The maximum atomic E-state index is 13.2. The topological polar surface area (TPSA) is 0 Å². The minimum Gasteiger partial charge on any atom is -0.204 e. The third-order valence-electron chi connectivity index (χ3n) is 3.03. The van der Waals surface area contributed by atoms with Crippen LogP contribution in [0.1, 0.15) is 28.8 Å². The van der Waals surface area contributed by atoms with Crippen molar-refractivity contribution in [3.8, 4) is 0 Å². The van der Waals surface area contributed by atoms with Gasteiger partial charge in [0.25, 0.3) is 0 Å². The van der Waals surface area contributed by atoms with Crippen molar-refractivity contribution in [1.82, 2.24) is 0 Å². The van der Waals surface area contributed by atoms with Gasteiger partial charge in [-0.3, -0.25) is 0 Å². The van der Waals surface area contributed by atoms with Crippen molar-refractivity contribution in [2.24, 2.45) is 0 Å². The molecule has 0 aliphatic heterocycles. The molecule has 2 aromatic carbocycles. The van der Waals surface area contributed by atoms with Gasteiger partial charge in [0.15, 0.2) is 11.6 Å². The van der Waals surface area contributed by atoms with Gasteiger partial charge in [-0.15, -0.1) is 0 Å². The molecule has 0 spiro atoms. The first-order chi connectivity index (χ1) is 8.59. The van der Waals surface area contributed by atoms with Crippen molar-refractivity contribution in [3.63, 3.8) is 0 Å². The first-order valence-electron chi connectivity index (χ1n) is 5.73. The van der Waals surface area contributed by atoms with Crippen molar-refractivity contribution in [2.75, 3.05) is 0 Å². The molecular weight excluding hydrogens is 298 g/mol. The van der Waals surface area contributed by atoms with Crippen LogP contribution < -0.4 is 0 Å². The molecule has 0 saturated heterocycles. The van der Waals surface area contributed by atoms with Crippen LogP contribution in [-0.4, -0.2) is 0 Å². The Balaban J connectivity index is 2.25. The van der Waals surface area contributed by atoms with Crippen LogP contribution in [0.3, 0.4) is 0 Å². The summed E-state index contributed by atoms with van der Waals surface area (Å²) in [5.41, 5.74) is 1.90. The zero-order valence-corrected chi connectivity index (χ0v) is 11.5. The van der Waals surface area contributed by atoms with E-state index in [1.54, 1.807) is 6.07 Å². The fourth-order valence-electron chi connectivity index (χ4n) is 1.90. The number of alkyl halides is 1. The van der Waals surface area contributed by atoms with Gasteiger partial charge >= 0.3 is 0 Å². The molecule has 0 nitrogen and oxygen atoms in total. The fourth-order valence-corrected chi connectivity index (χ4v) is 2.49. The average Bonchev–Trinajstić information content (AvgIpc) is 2.41. The van der Waals surface area contributed by atoms with Gasteiger partial charge in [-0.2, -0.15) is 0 Å². The summed E-state index contributed by atoms with van der Waals surface area (Å²) in [6.45, 7) is 2.05. The number of hydrogen-bond acceptors (Lipinski definition) is 0. The molecule has 0 aliphatic rings. The van der Waals surface area contributed by atoms with Gasteiger partial charge in [-0.25, -0.2) is 8.78 Å². The highest BCUT2D eigenvalue weighted by atomic mass is 79.9. The molecule has 0 bridgehead atoms. The molecule has 3 heteroatoms. The predicted octanol–water partition coefficient (Wildman–Crippen LogP) is 5.20. The fraction of sp³-hybridized carbons (Fsp3) is 0.200. The summed E-state index contributed by atoms with van der Waals surface area (Å²) in [4.78, 5) is -0.0463. The molecule has 0 radical (unpaired) electrons. The second-order valence-electron chi connectivity index (χ2n) is 4.27. The van der Waals surface area contributed by atoms with Crippen LogP contribution in [0, 0.1) is 11.6 Å². The summed E-state index contributed by atoms with van der Waals surface area (Å²) in [6, 6.07) is 14.0. The minimum atomic E-state index is -0.814. The normalized spacial score (nSPS) is 14.2. The molecule has 0 aliphatic carbocycles. The molecule has 2 unspecified atom stereocenters. The van der Waals surface area contributed by atoms with Crippen molar-refractivity contribution in [3.05, 3.63) is 71.3 Å². The Morgan fingerprint density at radius 3 is 2.17 bits per heavy atom. The average molecular weight is 311 g/mol. The highest BCUT2D eigenvalue weighted by molar-refractivity contribution is 9.09. The summed E-state index contributed by atoms with van der Waals surface area (Å²) < 4.78 is 26.1. The highest BCUT2D eigenvalue weighted by Crippen LogP contribution is 2.37. The SMILES string of the molecule is CC(c1ccccc1)C(Br)c1ccc(F)c(F)c1. The van der Waals surface area contributed by atoms with Crippen LogP contribution in [0.25, 0.3) is 0 Å². The smallest absolute Gasteiger partial charge is 0.159 e. The molecule has 2 rings (SSSR count). The Morgan fingerprint density at radius 2 is 1.56 bits per heavy atom. The zero-order valence-electron chi connectivity index (χ0n) is 9.91. The van der Waals surface area contributed by atoms with Crippen LogP contribution in [0.5, 0.6) is 0 Å². The van der Waals surface area contributed by atoms with Crippen LogP contribution in [0.2, 0.25) is 0 Å². The zero-order chi connectivity index (χ0) is 13.1. The van der Waals surface area contributed by atoms with Gasteiger partial charge in [-0.05, 0) is 29.2 Å². The maximum absolute atomic E-state index is 13.2. The third-order valence-corrected chi connectivity index (χ3v) is 4.35. The van der Waals surface area contributed by atoms with Crippen LogP contribution in [0.15, 0.2) is 48.5 Å². The number of benzene rings is 2. The summed E-state index contributed by atoms with van der Waals surface area (Å²) in [5, 5.41) is 0. The van der Waals surface area contributed by atoms with Gasteiger partial charge in [-0.1, -0.05) is 59.3 Å². The second-order valence-corrected chi connectivity index (χ2v) is 5.26. The third kappa shape index (κ3) is 2.78. The Bertz CT molecular complexity index is 525. The summed E-state index contributed by atoms with van der Waals surface area (Å²) in [7, 11) is 0. The summed E-state index contributed by atoms with van der Waals surface area (Å²) in [5.74, 6) is -1.45. The monoisotopic (exact) mass is 310 g/mol. The second kappa shape index (κ2) is 5.61. The van der Waals surface area contributed by atoms with E-state index in [0.717, 1.165) is 17.2 Å². The van der Waals surface area contributed by atoms with E-state index in [0.29, 0.717) is 0 Å². The van der Waals surface area contributed by atoms with Gasteiger partial charge in [0.05, 0.1) is 0 Å². The van der Waals surface area contributed by atoms with E-state index in [2.05, 4.69) is 22.9 Å². The molecule has 2 aromatic rings. The van der Waals surface area contributed by atoms with Crippen molar-refractivity contribution >= 4 is 15.9 Å². The van der Waals surface area contributed by atoms with Crippen LogP contribution in [0.4, 0.5) is 8.78 Å². The molecule has 18 heavy (non-hydrogen) atoms. The molecule has 0 N–H and O–H groups in total. The first-order valence-corrected chi connectivity index (χ1v) is 6.65. The maximum Gasteiger partial charge on any atom is 0.159 e. The Morgan fingerprint density at radius 1 is 0.889 bits per heavy atom. The molecule has 2 atom stereocenters. The molecular formula is C15H13BrF2. The number of halogens is 3. The van der Waals surface area contributed by atoms with Crippen LogP contribution in [-0.2, 0) is 0 Å². The van der Waals surface area contributed by atoms with Crippen molar-refractivity contribution in [2.45, 2.75) is 17.7 Å². The molecule has 0 fully saturated rings. The van der Waals surface area contributed by atoms with E-state index in [9.17, 15) is 8.78 Å². The largest absolute Gasteiger partial charge is 0.204 e. The van der Waals surface area contributed by atoms with E-state index in [-0.39, 0.29) is 10.7 Å². The molecule has 94 valence electrons. The minimum absolute atomic E-state index is 0.0463. The van der Waals surface area contributed by atoms with E-state index in [4.69, 9.17) is 0 Å².